The molecule has 0 bridgehead atoms. The number of hydrogen-bond donors (Lipinski definition) is 4. The van der Waals surface area contributed by atoms with Crippen molar-refractivity contribution in [1.29, 1.82) is 0 Å². The summed E-state index contributed by atoms with van der Waals surface area (Å²) in [5, 5.41) is 0. The van der Waals surface area contributed by atoms with E-state index in [1.54, 1.807) is 0 Å². The van der Waals surface area contributed by atoms with E-state index < -0.39 is 0 Å². The maximum atomic E-state index is 5.97. The second-order valence-corrected chi connectivity index (χ2v) is 4.54. The lowest BCUT2D eigenvalue weighted by Gasteiger charge is -2.15. The van der Waals surface area contributed by atoms with Crippen molar-refractivity contribution in [3.05, 3.63) is 35.4 Å². The van der Waals surface area contributed by atoms with Gasteiger partial charge in [0.05, 0.1) is 17.1 Å². The van der Waals surface area contributed by atoms with Crippen LogP contribution >= 0.6 is 0 Å². The molecule has 0 aromatic heterocycles. The Labute approximate surface area is 107 Å². The van der Waals surface area contributed by atoms with Gasteiger partial charge in [0.15, 0.2) is 0 Å². The Bertz CT molecular complexity index is 618. The molecule has 0 aliphatic rings. The number of nitrogens with two attached hydrogens (primary N) is 4. The van der Waals surface area contributed by atoms with Crippen LogP contribution in [0.15, 0.2) is 24.3 Å². The average molecular weight is 242 g/mol. The minimum absolute atomic E-state index is 0.448. The van der Waals surface area contributed by atoms with E-state index in [1.165, 1.54) is 0 Å². The molecule has 4 heteroatoms. The van der Waals surface area contributed by atoms with E-state index in [1.807, 2.05) is 38.1 Å². The first kappa shape index (κ1) is 12.1. The Hall–Kier alpha value is -2.36. The van der Waals surface area contributed by atoms with Crippen LogP contribution in [0.3, 0.4) is 0 Å². The lowest BCUT2D eigenvalue weighted by molar-refractivity contribution is 1.41. The van der Waals surface area contributed by atoms with Crippen molar-refractivity contribution < 1.29 is 0 Å². The van der Waals surface area contributed by atoms with Gasteiger partial charge in [-0.25, -0.2) is 0 Å². The topological polar surface area (TPSA) is 104 Å². The fraction of sp³-hybridized carbons (Fsp3) is 0.143. The summed E-state index contributed by atoms with van der Waals surface area (Å²) < 4.78 is 0. The van der Waals surface area contributed by atoms with Crippen molar-refractivity contribution in [3.63, 3.8) is 0 Å². The van der Waals surface area contributed by atoms with Crippen molar-refractivity contribution in [3.8, 4) is 11.1 Å². The number of nitrogen functional groups attached to an aromatic ring is 4. The molecule has 0 heterocycles. The molecule has 0 spiro atoms. The van der Waals surface area contributed by atoms with E-state index in [2.05, 4.69) is 0 Å². The summed E-state index contributed by atoms with van der Waals surface area (Å²) >= 11 is 0. The van der Waals surface area contributed by atoms with Gasteiger partial charge >= 0.3 is 0 Å². The van der Waals surface area contributed by atoms with Crippen LogP contribution in [0.2, 0.25) is 0 Å². The van der Waals surface area contributed by atoms with Gasteiger partial charge in [0, 0.05) is 5.69 Å². The van der Waals surface area contributed by atoms with Gasteiger partial charge in [0.2, 0.25) is 0 Å². The molecule has 0 amide bonds. The lowest BCUT2D eigenvalue weighted by Crippen LogP contribution is -2.04. The molecule has 0 fully saturated rings. The van der Waals surface area contributed by atoms with Crippen molar-refractivity contribution in [2.24, 2.45) is 0 Å². The fourth-order valence-corrected chi connectivity index (χ4v) is 2.11. The number of hydrogen-bond acceptors (Lipinski definition) is 4. The SMILES string of the molecule is Cc1cc(N)ccc1-c1cc(N)c(N)c(N)c1C. The van der Waals surface area contributed by atoms with E-state index in [0.29, 0.717) is 17.1 Å². The average Bonchev–Trinajstić information content (AvgIpc) is 2.32. The molecule has 0 saturated carbocycles. The van der Waals surface area contributed by atoms with Crippen LogP contribution in [0.1, 0.15) is 11.1 Å². The van der Waals surface area contributed by atoms with Crippen molar-refractivity contribution in [2.45, 2.75) is 13.8 Å². The van der Waals surface area contributed by atoms with Crippen LogP contribution in [0.25, 0.3) is 11.1 Å². The summed E-state index contributed by atoms with van der Waals surface area (Å²) in [6.07, 6.45) is 0. The van der Waals surface area contributed by atoms with E-state index in [9.17, 15) is 0 Å². The molecule has 0 atom stereocenters. The normalized spacial score (nSPS) is 10.6. The molecular weight excluding hydrogens is 224 g/mol. The first-order valence-electron chi connectivity index (χ1n) is 5.72. The van der Waals surface area contributed by atoms with Gasteiger partial charge in [-0.2, -0.15) is 0 Å². The minimum atomic E-state index is 0.448. The molecule has 0 aliphatic carbocycles. The quantitative estimate of drug-likeness (QED) is 0.576. The molecule has 2 aromatic carbocycles. The smallest absolute Gasteiger partial charge is 0.0784 e. The second-order valence-electron chi connectivity index (χ2n) is 4.54. The monoisotopic (exact) mass is 242 g/mol. The van der Waals surface area contributed by atoms with Crippen molar-refractivity contribution in [1.82, 2.24) is 0 Å². The molecule has 18 heavy (non-hydrogen) atoms. The zero-order valence-corrected chi connectivity index (χ0v) is 10.6. The van der Waals surface area contributed by atoms with Crippen LogP contribution < -0.4 is 22.9 Å². The molecule has 4 nitrogen and oxygen atoms in total. The van der Waals surface area contributed by atoms with Crippen LogP contribution in [0.5, 0.6) is 0 Å². The Kier molecular flexibility index (Phi) is 2.79. The summed E-state index contributed by atoms with van der Waals surface area (Å²) in [5.41, 5.74) is 29.8. The van der Waals surface area contributed by atoms with Crippen molar-refractivity contribution >= 4 is 22.7 Å². The Balaban J connectivity index is 2.72. The molecule has 94 valence electrons. The van der Waals surface area contributed by atoms with Gasteiger partial charge in [-0.05, 0) is 54.3 Å². The highest BCUT2D eigenvalue weighted by molar-refractivity contribution is 5.89. The third-order valence-electron chi connectivity index (χ3n) is 3.25. The predicted octanol–water partition coefficient (Wildman–Crippen LogP) is 2.30. The molecular formula is C14H18N4. The maximum Gasteiger partial charge on any atom is 0.0784 e. The highest BCUT2D eigenvalue weighted by Crippen LogP contribution is 2.36. The van der Waals surface area contributed by atoms with Gasteiger partial charge in [-0.3, -0.25) is 0 Å². The zero-order valence-electron chi connectivity index (χ0n) is 10.6. The van der Waals surface area contributed by atoms with Gasteiger partial charge in [-0.15, -0.1) is 0 Å². The van der Waals surface area contributed by atoms with E-state index in [4.69, 9.17) is 22.9 Å². The highest BCUT2D eigenvalue weighted by Gasteiger charge is 2.12. The number of rotatable bonds is 1. The predicted molar refractivity (Wildman–Crippen MR) is 79.0 cm³/mol. The van der Waals surface area contributed by atoms with Gasteiger partial charge in [0.1, 0.15) is 0 Å². The maximum absolute atomic E-state index is 5.97. The third-order valence-corrected chi connectivity index (χ3v) is 3.25. The van der Waals surface area contributed by atoms with Gasteiger partial charge in [-0.1, -0.05) is 6.07 Å². The summed E-state index contributed by atoms with van der Waals surface area (Å²) in [5.74, 6) is 0. The molecule has 2 aromatic rings. The first-order chi connectivity index (χ1) is 8.41. The van der Waals surface area contributed by atoms with Crippen LogP contribution in [0, 0.1) is 13.8 Å². The largest absolute Gasteiger partial charge is 0.399 e. The number of anilines is 4. The van der Waals surface area contributed by atoms with Crippen LogP contribution in [-0.4, -0.2) is 0 Å². The molecule has 2 rings (SSSR count). The molecule has 0 saturated heterocycles. The minimum Gasteiger partial charge on any atom is -0.399 e. The second kappa shape index (κ2) is 4.14. The number of aryl methyl sites for hydroxylation is 1. The summed E-state index contributed by atoms with van der Waals surface area (Å²) in [7, 11) is 0. The molecule has 0 unspecified atom stereocenters. The van der Waals surface area contributed by atoms with E-state index in [0.717, 1.165) is 27.9 Å². The van der Waals surface area contributed by atoms with Gasteiger partial charge in [0.25, 0.3) is 0 Å². The first-order valence-corrected chi connectivity index (χ1v) is 5.72. The van der Waals surface area contributed by atoms with Crippen LogP contribution in [-0.2, 0) is 0 Å². The summed E-state index contributed by atoms with van der Waals surface area (Å²) in [4.78, 5) is 0. The van der Waals surface area contributed by atoms with Crippen LogP contribution in [0.4, 0.5) is 22.7 Å². The Morgan fingerprint density at radius 3 is 2.06 bits per heavy atom. The van der Waals surface area contributed by atoms with E-state index in [-0.39, 0.29) is 0 Å². The van der Waals surface area contributed by atoms with Crippen molar-refractivity contribution in [2.75, 3.05) is 22.9 Å². The van der Waals surface area contributed by atoms with Gasteiger partial charge < -0.3 is 22.9 Å². The standard InChI is InChI=1S/C14H18N4/c1-7-5-9(15)3-4-10(7)11-6-12(16)14(18)13(17)8(11)2/h3-6H,15-18H2,1-2H3. The Morgan fingerprint density at radius 1 is 0.778 bits per heavy atom. The third kappa shape index (κ3) is 1.82. The summed E-state index contributed by atoms with van der Waals surface area (Å²) in [6.45, 7) is 3.95. The molecule has 0 aliphatic heterocycles. The molecule has 8 N–H and O–H groups in total. The molecule has 0 radical (unpaired) electrons. The van der Waals surface area contributed by atoms with E-state index >= 15 is 0 Å². The number of benzene rings is 2. The highest BCUT2D eigenvalue weighted by atomic mass is 14.7. The lowest BCUT2D eigenvalue weighted by atomic mass is 9.94. The summed E-state index contributed by atoms with van der Waals surface area (Å²) in [6, 6.07) is 7.63. The Morgan fingerprint density at radius 2 is 1.44 bits per heavy atom. The zero-order chi connectivity index (χ0) is 13.4. The fourth-order valence-electron chi connectivity index (χ4n) is 2.11.